The smallest absolute Gasteiger partial charge is 0.157 e. The van der Waals surface area contributed by atoms with Gasteiger partial charge in [-0.3, -0.25) is 0 Å². The molecule has 0 aromatic heterocycles. The van der Waals surface area contributed by atoms with E-state index in [1.54, 1.807) is 7.11 Å². The lowest BCUT2D eigenvalue weighted by molar-refractivity contribution is -0.120. The van der Waals surface area contributed by atoms with Crippen molar-refractivity contribution in [3.05, 3.63) is 11.6 Å². The van der Waals surface area contributed by atoms with Gasteiger partial charge in [0.2, 0.25) is 0 Å². The number of aliphatic hydroxyl groups is 2. The monoisotopic (exact) mass is 352 g/mol. The second kappa shape index (κ2) is 7.30. The maximum Gasteiger partial charge on any atom is 0.157 e. The van der Waals surface area contributed by atoms with Gasteiger partial charge in [-0.2, -0.15) is 0 Å². The average molecular weight is 353 g/mol. The number of hydrogen-bond acceptors (Lipinski definition) is 4. The van der Waals surface area contributed by atoms with Gasteiger partial charge in [-0.1, -0.05) is 26.8 Å². The molecule has 4 heteroatoms. The van der Waals surface area contributed by atoms with Gasteiger partial charge in [-0.05, 0) is 66.3 Å². The molecular formula is C21H36O4. The van der Waals surface area contributed by atoms with Crippen LogP contribution in [0.1, 0.15) is 59.3 Å². The highest BCUT2D eigenvalue weighted by atomic mass is 16.7. The minimum atomic E-state index is -0.300. The number of aliphatic hydroxyl groups excluding tert-OH is 2. The zero-order valence-electron chi connectivity index (χ0n) is 16.3. The second-order valence-corrected chi connectivity index (χ2v) is 9.14. The molecule has 0 amide bonds. The van der Waals surface area contributed by atoms with Crippen LogP contribution in [0.5, 0.6) is 0 Å². The summed E-state index contributed by atoms with van der Waals surface area (Å²) < 4.78 is 11.0. The van der Waals surface area contributed by atoms with E-state index >= 15 is 0 Å². The Kier molecular flexibility index (Phi) is 5.65. The Morgan fingerprint density at radius 1 is 1.36 bits per heavy atom. The summed E-state index contributed by atoms with van der Waals surface area (Å²) in [5, 5.41) is 20.7. The van der Waals surface area contributed by atoms with Crippen LogP contribution in [0.4, 0.5) is 0 Å². The molecule has 2 aliphatic carbocycles. The number of methoxy groups -OCH3 is 1. The third-order valence-electron chi connectivity index (χ3n) is 7.96. The first kappa shape index (κ1) is 19.3. The molecule has 144 valence electrons. The third-order valence-corrected chi connectivity index (χ3v) is 7.96. The van der Waals surface area contributed by atoms with Gasteiger partial charge in [0.25, 0.3) is 0 Å². The summed E-state index contributed by atoms with van der Waals surface area (Å²) in [5.74, 6) is 1.35. The second-order valence-electron chi connectivity index (χ2n) is 9.14. The Balaban J connectivity index is 1.78. The molecule has 25 heavy (non-hydrogen) atoms. The maximum absolute atomic E-state index is 10.8. The zero-order chi connectivity index (χ0) is 18.2. The van der Waals surface area contributed by atoms with Crippen molar-refractivity contribution in [2.45, 2.75) is 71.7 Å². The quantitative estimate of drug-likeness (QED) is 0.743. The van der Waals surface area contributed by atoms with E-state index in [2.05, 4.69) is 26.8 Å². The van der Waals surface area contributed by atoms with E-state index in [9.17, 15) is 10.2 Å². The summed E-state index contributed by atoms with van der Waals surface area (Å²) in [4.78, 5) is 0. The molecular weight excluding hydrogens is 316 g/mol. The molecule has 0 spiro atoms. The van der Waals surface area contributed by atoms with Crippen LogP contribution in [0.3, 0.4) is 0 Å². The molecule has 3 aliphatic rings. The van der Waals surface area contributed by atoms with Crippen LogP contribution in [-0.2, 0) is 9.47 Å². The van der Waals surface area contributed by atoms with Crippen molar-refractivity contribution in [3.8, 4) is 0 Å². The molecule has 2 fully saturated rings. The Morgan fingerprint density at radius 2 is 2.12 bits per heavy atom. The number of hydrogen-bond donors (Lipinski definition) is 2. The summed E-state index contributed by atoms with van der Waals surface area (Å²) in [7, 11) is 1.71. The molecule has 1 saturated heterocycles. The van der Waals surface area contributed by atoms with Crippen LogP contribution in [0.2, 0.25) is 0 Å². The fourth-order valence-electron chi connectivity index (χ4n) is 6.08. The van der Waals surface area contributed by atoms with Gasteiger partial charge in [0.05, 0.1) is 19.3 Å². The number of ether oxygens (including phenoxy) is 2. The summed E-state index contributed by atoms with van der Waals surface area (Å²) in [6, 6.07) is 0. The zero-order valence-corrected chi connectivity index (χ0v) is 16.3. The standard InChI is InChI=1S/C21H36O4/c1-14-17(23)11-21(3)16(12-22)6-5-7-18(21)20(14,2)9-8-15-10-19(24-4)25-13-15/h6,14-15,17-19,22-23H,5,7-13H2,1-4H3/t14-,15-,17-,18-,19+,20+,21+/m1/s1. The van der Waals surface area contributed by atoms with Crippen molar-refractivity contribution in [1.29, 1.82) is 0 Å². The van der Waals surface area contributed by atoms with Crippen molar-refractivity contribution in [3.63, 3.8) is 0 Å². The SMILES string of the molecule is CO[C@@H]1C[C@@H](CC[C@@]2(C)[C@H](C)[C@H](O)C[C@@]3(C)C(CO)=CCC[C@H]23)CO1. The van der Waals surface area contributed by atoms with Gasteiger partial charge in [-0.15, -0.1) is 0 Å². The van der Waals surface area contributed by atoms with Crippen LogP contribution >= 0.6 is 0 Å². The fraction of sp³-hybridized carbons (Fsp3) is 0.905. The maximum atomic E-state index is 10.8. The van der Waals surface area contributed by atoms with Gasteiger partial charge < -0.3 is 19.7 Å². The van der Waals surface area contributed by atoms with Crippen molar-refractivity contribution >= 4 is 0 Å². The van der Waals surface area contributed by atoms with E-state index < -0.39 is 0 Å². The molecule has 0 unspecified atom stereocenters. The first-order valence-electron chi connectivity index (χ1n) is 9.98. The van der Waals surface area contributed by atoms with Crippen molar-refractivity contribution in [2.24, 2.45) is 28.6 Å². The van der Waals surface area contributed by atoms with Gasteiger partial charge in [0, 0.05) is 13.5 Å². The summed E-state index contributed by atoms with van der Waals surface area (Å²) in [6.07, 6.45) is 8.07. The largest absolute Gasteiger partial charge is 0.393 e. The highest BCUT2D eigenvalue weighted by Crippen LogP contribution is 2.62. The van der Waals surface area contributed by atoms with E-state index in [0.717, 1.165) is 50.7 Å². The lowest BCUT2D eigenvalue weighted by atomic mass is 9.46. The minimum Gasteiger partial charge on any atom is -0.393 e. The summed E-state index contributed by atoms with van der Waals surface area (Å²) in [5.41, 5.74) is 1.16. The molecule has 0 aromatic rings. The van der Waals surface area contributed by atoms with Crippen LogP contribution in [0.25, 0.3) is 0 Å². The van der Waals surface area contributed by atoms with Crippen LogP contribution < -0.4 is 0 Å². The van der Waals surface area contributed by atoms with E-state index in [1.165, 1.54) is 0 Å². The van der Waals surface area contributed by atoms with Crippen molar-refractivity contribution in [2.75, 3.05) is 20.3 Å². The first-order valence-corrected chi connectivity index (χ1v) is 9.98. The summed E-state index contributed by atoms with van der Waals surface area (Å²) >= 11 is 0. The lowest BCUT2D eigenvalue weighted by Crippen LogP contribution is -2.55. The number of rotatable bonds is 5. The predicted octanol–water partition coefficient (Wildman–Crippen LogP) is 3.52. The molecule has 1 saturated carbocycles. The van der Waals surface area contributed by atoms with E-state index in [0.29, 0.717) is 11.8 Å². The van der Waals surface area contributed by atoms with E-state index in [1.807, 2.05) is 0 Å². The average Bonchev–Trinajstić information content (AvgIpc) is 3.06. The van der Waals surface area contributed by atoms with Crippen LogP contribution in [0, 0.1) is 28.6 Å². The van der Waals surface area contributed by atoms with Gasteiger partial charge in [-0.25, -0.2) is 0 Å². The predicted molar refractivity (Wildman–Crippen MR) is 98.0 cm³/mol. The molecule has 7 atom stereocenters. The van der Waals surface area contributed by atoms with Crippen LogP contribution in [-0.4, -0.2) is 42.9 Å². The third kappa shape index (κ3) is 3.31. The minimum absolute atomic E-state index is 0.0453. The fourth-order valence-corrected chi connectivity index (χ4v) is 6.08. The molecule has 3 rings (SSSR count). The van der Waals surface area contributed by atoms with Crippen LogP contribution in [0.15, 0.2) is 11.6 Å². The normalized spacial score (nSPS) is 47.4. The first-order chi connectivity index (χ1) is 11.8. The Bertz CT molecular complexity index is 504. The summed E-state index contributed by atoms with van der Waals surface area (Å²) in [6.45, 7) is 7.79. The molecule has 0 radical (unpaired) electrons. The van der Waals surface area contributed by atoms with Crippen molar-refractivity contribution < 1.29 is 19.7 Å². The number of allylic oxidation sites excluding steroid dienone is 1. The number of fused-ring (bicyclic) bond motifs is 1. The van der Waals surface area contributed by atoms with Crippen molar-refractivity contribution in [1.82, 2.24) is 0 Å². The Labute approximate surface area is 152 Å². The van der Waals surface area contributed by atoms with Gasteiger partial charge >= 0.3 is 0 Å². The van der Waals surface area contributed by atoms with E-state index in [4.69, 9.17) is 9.47 Å². The molecule has 2 N–H and O–H groups in total. The molecule has 0 bridgehead atoms. The molecule has 1 heterocycles. The van der Waals surface area contributed by atoms with Gasteiger partial charge in [0.15, 0.2) is 6.29 Å². The lowest BCUT2D eigenvalue weighted by Gasteiger charge is -2.59. The molecule has 1 aliphatic heterocycles. The van der Waals surface area contributed by atoms with E-state index in [-0.39, 0.29) is 35.7 Å². The molecule has 4 nitrogen and oxygen atoms in total. The Hall–Kier alpha value is -0.420. The molecule has 0 aromatic carbocycles. The highest BCUT2D eigenvalue weighted by Gasteiger charge is 2.56. The topological polar surface area (TPSA) is 58.9 Å². The van der Waals surface area contributed by atoms with Gasteiger partial charge in [0.1, 0.15) is 0 Å². The highest BCUT2D eigenvalue weighted by molar-refractivity contribution is 5.24. The Morgan fingerprint density at radius 3 is 2.76 bits per heavy atom.